The van der Waals surface area contributed by atoms with Gasteiger partial charge in [-0.25, -0.2) is 0 Å². The van der Waals surface area contributed by atoms with Crippen molar-refractivity contribution < 1.29 is 14.3 Å². The maximum atomic E-state index is 11.7. The Bertz CT molecular complexity index is 480. The summed E-state index contributed by atoms with van der Waals surface area (Å²) in [7, 11) is 0. The van der Waals surface area contributed by atoms with Crippen LogP contribution in [0.5, 0.6) is 11.5 Å². The minimum absolute atomic E-state index is 0.00853. The molecule has 0 aromatic heterocycles. The molecule has 1 aliphatic heterocycles. The zero-order valence-corrected chi connectivity index (χ0v) is 11.1. The molecule has 0 aliphatic carbocycles. The summed E-state index contributed by atoms with van der Waals surface area (Å²) >= 11 is 0. The second-order valence-electron chi connectivity index (χ2n) is 5.06. The number of rotatable bonds is 4. The Balaban J connectivity index is 2.47. The summed E-state index contributed by atoms with van der Waals surface area (Å²) in [6, 6.07) is 3.58. The predicted octanol–water partition coefficient (Wildman–Crippen LogP) is 1.94. The number of nitrogens with two attached hydrogens (primary N) is 1. The summed E-state index contributed by atoms with van der Waals surface area (Å²) in [5, 5.41) is 0. The lowest BCUT2D eigenvalue weighted by Gasteiger charge is -2.18. The lowest BCUT2D eigenvalue weighted by Crippen LogP contribution is -2.24. The quantitative estimate of drug-likeness (QED) is 0.828. The molecule has 0 atom stereocenters. The average molecular weight is 249 g/mol. The van der Waals surface area contributed by atoms with Gasteiger partial charge in [0.15, 0.2) is 17.3 Å². The first kappa shape index (κ1) is 12.9. The molecule has 1 aromatic carbocycles. The van der Waals surface area contributed by atoms with Crippen LogP contribution < -0.4 is 15.2 Å². The minimum Gasteiger partial charge on any atom is -0.490 e. The zero-order chi connectivity index (χ0) is 13.3. The van der Waals surface area contributed by atoms with Crippen LogP contribution in [0.15, 0.2) is 12.1 Å². The highest BCUT2D eigenvalue weighted by molar-refractivity contribution is 5.98. The van der Waals surface area contributed by atoms with E-state index in [1.807, 2.05) is 26.8 Å². The molecule has 1 aliphatic rings. The van der Waals surface area contributed by atoms with Crippen LogP contribution in [0.3, 0.4) is 0 Å². The van der Waals surface area contributed by atoms with Crippen molar-refractivity contribution >= 4 is 5.78 Å². The Labute approximate surface area is 107 Å². The van der Waals surface area contributed by atoms with E-state index in [0.717, 1.165) is 17.7 Å². The number of benzene rings is 1. The molecular weight excluding hydrogens is 230 g/mol. The molecule has 4 heteroatoms. The Morgan fingerprint density at radius 1 is 1.50 bits per heavy atom. The van der Waals surface area contributed by atoms with Crippen LogP contribution in [0.1, 0.15) is 36.7 Å². The van der Waals surface area contributed by atoms with Gasteiger partial charge in [0, 0.05) is 17.5 Å². The molecular formula is C14H19NO3. The Hall–Kier alpha value is -1.55. The molecule has 4 nitrogen and oxygen atoms in total. The summed E-state index contributed by atoms with van der Waals surface area (Å²) in [5.74, 6) is 1.32. The van der Waals surface area contributed by atoms with E-state index >= 15 is 0 Å². The standard InChI is InChI=1S/C14H19NO3/c1-4-17-12-6-9(11(16)8-15)5-10-7-14(2,3)18-13(10)12/h5-6H,4,7-8,15H2,1-3H3. The molecule has 1 heterocycles. The molecule has 1 aromatic rings. The summed E-state index contributed by atoms with van der Waals surface area (Å²) in [6.45, 7) is 6.50. The molecule has 0 radical (unpaired) electrons. The number of carbonyl (C=O) groups excluding carboxylic acids is 1. The zero-order valence-electron chi connectivity index (χ0n) is 11.1. The van der Waals surface area contributed by atoms with Gasteiger partial charge in [-0.05, 0) is 32.9 Å². The Morgan fingerprint density at radius 2 is 2.22 bits per heavy atom. The summed E-state index contributed by atoms with van der Waals surface area (Å²) in [4.78, 5) is 11.7. The second-order valence-corrected chi connectivity index (χ2v) is 5.06. The normalized spacial score (nSPS) is 16.0. The molecule has 0 saturated heterocycles. The topological polar surface area (TPSA) is 61.5 Å². The van der Waals surface area contributed by atoms with Gasteiger partial charge in [0.1, 0.15) is 5.60 Å². The smallest absolute Gasteiger partial charge is 0.176 e. The van der Waals surface area contributed by atoms with E-state index in [4.69, 9.17) is 15.2 Å². The average Bonchev–Trinajstić information content (AvgIpc) is 2.62. The molecule has 18 heavy (non-hydrogen) atoms. The number of carbonyl (C=O) groups is 1. The van der Waals surface area contributed by atoms with E-state index in [0.29, 0.717) is 17.9 Å². The predicted molar refractivity (Wildman–Crippen MR) is 69.4 cm³/mol. The fourth-order valence-corrected chi connectivity index (χ4v) is 2.22. The summed E-state index contributed by atoms with van der Waals surface area (Å²) in [6.07, 6.45) is 0.772. The molecule has 98 valence electrons. The lowest BCUT2D eigenvalue weighted by molar-refractivity contribution is 0.100. The van der Waals surface area contributed by atoms with Crippen molar-refractivity contribution in [3.05, 3.63) is 23.3 Å². The first-order valence-corrected chi connectivity index (χ1v) is 6.19. The molecule has 0 amide bonds. The molecule has 0 bridgehead atoms. The minimum atomic E-state index is -0.251. The van der Waals surface area contributed by atoms with E-state index in [1.54, 1.807) is 6.07 Å². The highest BCUT2D eigenvalue weighted by atomic mass is 16.5. The largest absolute Gasteiger partial charge is 0.490 e. The molecule has 0 fully saturated rings. The van der Waals surface area contributed by atoms with E-state index in [2.05, 4.69) is 0 Å². The number of fused-ring (bicyclic) bond motifs is 1. The van der Waals surface area contributed by atoms with E-state index in [9.17, 15) is 4.79 Å². The Morgan fingerprint density at radius 3 is 2.83 bits per heavy atom. The van der Waals surface area contributed by atoms with Crippen LogP contribution in [-0.2, 0) is 6.42 Å². The van der Waals surface area contributed by atoms with E-state index in [1.165, 1.54) is 0 Å². The van der Waals surface area contributed by atoms with Crippen molar-refractivity contribution in [3.8, 4) is 11.5 Å². The van der Waals surface area contributed by atoms with Gasteiger partial charge in [0.2, 0.25) is 0 Å². The number of hydrogen-bond donors (Lipinski definition) is 1. The van der Waals surface area contributed by atoms with Crippen molar-refractivity contribution in [1.29, 1.82) is 0 Å². The SMILES string of the molecule is CCOc1cc(C(=O)CN)cc2c1OC(C)(C)C2. The Kier molecular flexibility index (Phi) is 3.30. The van der Waals surface area contributed by atoms with Crippen LogP contribution in [0.25, 0.3) is 0 Å². The molecule has 2 N–H and O–H groups in total. The second kappa shape index (κ2) is 4.61. The third-order valence-electron chi connectivity index (χ3n) is 2.93. The number of ether oxygens (including phenoxy) is 2. The molecule has 0 saturated carbocycles. The van der Waals surface area contributed by atoms with Gasteiger partial charge < -0.3 is 15.2 Å². The van der Waals surface area contributed by atoms with Crippen LogP contribution >= 0.6 is 0 Å². The number of hydrogen-bond acceptors (Lipinski definition) is 4. The van der Waals surface area contributed by atoms with E-state index < -0.39 is 0 Å². The van der Waals surface area contributed by atoms with Crippen molar-refractivity contribution in [1.82, 2.24) is 0 Å². The maximum absolute atomic E-state index is 11.7. The van der Waals surface area contributed by atoms with Gasteiger partial charge in [-0.3, -0.25) is 4.79 Å². The lowest BCUT2D eigenvalue weighted by atomic mass is 9.98. The first-order valence-electron chi connectivity index (χ1n) is 6.19. The van der Waals surface area contributed by atoms with Gasteiger partial charge in [0.05, 0.1) is 13.2 Å². The van der Waals surface area contributed by atoms with Crippen molar-refractivity contribution in [2.75, 3.05) is 13.2 Å². The molecule has 0 spiro atoms. The van der Waals surface area contributed by atoms with Crippen LogP contribution in [0.4, 0.5) is 0 Å². The monoisotopic (exact) mass is 249 g/mol. The van der Waals surface area contributed by atoms with Crippen LogP contribution in [0.2, 0.25) is 0 Å². The number of Topliss-reactive ketones (excluding diaryl/α,β-unsaturated/α-hetero) is 1. The van der Waals surface area contributed by atoms with Gasteiger partial charge in [-0.1, -0.05) is 0 Å². The maximum Gasteiger partial charge on any atom is 0.176 e. The molecule has 2 rings (SSSR count). The van der Waals surface area contributed by atoms with Gasteiger partial charge in [-0.2, -0.15) is 0 Å². The third kappa shape index (κ3) is 2.34. The third-order valence-corrected chi connectivity index (χ3v) is 2.93. The first-order chi connectivity index (χ1) is 8.46. The van der Waals surface area contributed by atoms with Gasteiger partial charge in [0.25, 0.3) is 0 Å². The highest BCUT2D eigenvalue weighted by Gasteiger charge is 2.33. The highest BCUT2D eigenvalue weighted by Crippen LogP contribution is 2.42. The summed E-state index contributed by atoms with van der Waals surface area (Å²) in [5.41, 5.74) is 6.77. The molecule has 0 unspecified atom stereocenters. The van der Waals surface area contributed by atoms with Gasteiger partial charge in [-0.15, -0.1) is 0 Å². The number of ketones is 1. The van der Waals surface area contributed by atoms with Crippen LogP contribution in [-0.4, -0.2) is 24.5 Å². The van der Waals surface area contributed by atoms with E-state index in [-0.39, 0.29) is 17.9 Å². The van der Waals surface area contributed by atoms with Crippen molar-refractivity contribution in [2.45, 2.75) is 32.8 Å². The fourth-order valence-electron chi connectivity index (χ4n) is 2.22. The van der Waals surface area contributed by atoms with Crippen molar-refractivity contribution in [3.63, 3.8) is 0 Å². The fraction of sp³-hybridized carbons (Fsp3) is 0.500. The summed E-state index contributed by atoms with van der Waals surface area (Å²) < 4.78 is 11.4. The van der Waals surface area contributed by atoms with Gasteiger partial charge >= 0.3 is 0 Å². The van der Waals surface area contributed by atoms with Crippen molar-refractivity contribution in [2.24, 2.45) is 5.73 Å². The van der Waals surface area contributed by atoms with Crippen LogP contribution in [0, 0.1) is 0 Å².